The molecule has 0 aromatic heterocycles. The zero-order chi connectivity index (χ0) is 22.9. The second-order valence-corrected chi connectivity index (χ2v) is 8.86. The maximum atomic E-state index is 12.6. The van der Waals surface area contributed by atoms with E-state index in [2.05, 4.69) is 15.0 Å². The lowest BCUT2D eigenvalue weighted by Crippen LogP contribution is -2.35. The number of aliphatic imine (C=N–C) groups is 1. The summed E-state index contributed by atoms with van der Waals surface area (Å²) < 4.78 is 5.42. The summed E-state index contributed by atoms with van der Waals surface area (Å²) in [6, 6.07) is 13.9. The van der Waals surface area contributed by atoms with Gasteiger partial charge in [-0.3, -0.25) is 10.2 Å². The van der Waals surface area contributed by atoms with Gasteiger partial charge in [0.1, 0.15) is 5.75 Å². The van der Waals surface area contributed by atoms with Crippen molar-refractivity contribution in [2.24, 2.45) is 10.1 Å². The Balaban J connectivity index is 1.31. The number of hydrazone groups is 1. The van der Waals surface area contributed by atoms with Crippen LogP contribution in [-0.2, 0) is 4.79 Å². The van der Waals surface area contributed by atoms with Gasteiger partial charge < -0.3 is 9.64 Å². The van der Waals surface area contributed by atoms with Gasteiger partial charge in [-0.1, -0.05) is 29.8 Å². The molecule has 3 aliphatic rings. The number of fused-ring (bicyclic) bond motifs is 1. The molecule has 1 fully saturated rings. The molecule has 166 valence electrons. The van der Waals surface area contributed by atoms with Crippen LogP contribution in [-0.4, -0.2) is 51.0 Å². The minimum atomic E-state index is -0.466. The van der Waals surface area contributed by atoms with Crippen molar-refractivity contribution in [1.29, 1.82) is 5.41 Å². The van der Waals surface area contributed by atoms with E-state index in [-0.39, 0.29) is 11.4 Å². The molecule has 0 atom stereocenters. The quantitative estimate of drug-likeness (QED) is 0.425. The highest BCUT2D eigenvalue weighted by atomic mass is 32.2. The van der Waals surface area contributed by atoms with Crippen LogP contribution in [0.25, 0.3) is 6.08 Å². The van der Waals surface area contributed by atoms with E-state index in [0.717, 1.165) is 36.7 Å². The number of esters is 1. The number of carbonyl (C=O) groups is 2. The van der Waals surface area contributed by atoms with Gasteiger partial charge in [0.15, 0.2) is 11.0 Å². The number of amides is 1. The number of nitrogens with one attached hydrogen (secondary N) is 1. The fourth-order valence-corrected chi connectivity index (χ4v) is 4.62. The Kier molecular flexibility index (Phi) is 5.55. The van der Waals surface area contributed by atoms with Crippen LogP contribution in [0, 0.1) is 12.3 Å². The lowest BCUT2D eigenvalue weighted by molar-refractivity contribution is -0.114. The van der Waals surface area contributed by atoms with E-state index >= 15 is 0 Å². The summed E-state index contributed by atoms with van der Waals surface area (Å²) in [6.45, 7) is 3.81. The van der Waals surface area contributed by atoms with E-state index in [1.54, 1.807) is 42.5 Å². The highest BCUT2D eigenvalue weighted by Crippen LogP contribution is 2.31. The third kappa shape index (κ3) is 4.31. The Morgan fingerprint density at radius 3 is 2.45 bits per heavy atom. The lowest BCUT2D eigenvalue weighted by Gasteiger charge is -2.20. The predicted molar refractivity (Wildman–Crippen MR) is 128 cm³/mol. The van der Waals surface area contributed by atoms with Gasteiger partial charge in [-0.15, -0.1) is 5.10 Å². The Labute approximate surface area is 195 Å². The van der Waals surface area contributed by atoms with Crippen LogP contribution in [0.1, 0.15) is 34.3 Å². The molecule has 9 heteroatoms. The van der Waals surface area contributed by atoms with Crippen LogP contribution >= 0.6 is 11.8 Å². The van der Waals surface area contributed by atoms with Crippen LogP contribution < -0.4 is 4.74 Å². The van der Waals surface area contributed by atoms with E-state index in [1.807, 2.05) is 19.1 Å². The monoisotopic (exact) mass is 459 g/mol. The topological polar surface area (TPSA) is 98.4 Å². The third-order valence-corrected chi connectivity index (χ3v) is 6.48. The molecular weight excluding hydrogens is 438 g/mol. The number of amidine groups is 3. The zero-order valence-electron chi connectivity index (χ0n) is 17.9. The van der Waals surface area contributed by atoms with Crippen LogP contribution in [0.5, 0.6) is 5.75 Å². The third-order valence-electron chi connectivity index (χ3n) is 5.51. The van der Waals surface area contributed by atoms with Gasteiger partial charge >= 0.3 is 5.97 Å². The van der Waals surface area contributed by atoms with Gasteiger partial charge in [0.25, 0.3) is 5.91 Å². The Hall–Kier alpha value is -3.72. The Morgan fingerprint density at radius 2 is 1.76 bits per heavy atom. The number of benzene rings is 2. The number of ether oxygens (including phenoxy) is 1. The van der Waals surface area contributed by atoms with E-state index in [4.69, 9.17) is 10.1 Å². The van der Waals surface area contributed by atoms with Crippen molar-refractivity contribution in [3.8, 4) is 5.75 Å². The maximum absolute atomic E-state index is 12.6. The van der Waals surface area contributed by atoms with Gasteiger partial charge in [0, 0.05) is 13.1 Å². The summed E-state index contributed by atoms with van der Waals surface area (Å²) in [4.78, 5) is 31.2. The second-order valence-electron chi connectivity index (χ2n) is 7.92. The minimum absolute atomic E-state index is 0.00146. The molecular formula is C24H21N5O3S. The Morgan fingerprint density at radius 1 is 1.06 bits per heavy atom. The van der Waals surface area contributed by atoms with Gasteiger partial charge in [0.2, 0.25) is 5.17 Å². The van der Waals surface area contributed by atoms with Gasteiger partial charge in [-0.2, -0.15) is 10.0 Å². The first-order valence-corrected chi connectivity index (χ1v) is 11.4. The molecule has 3 heterocycles. The average Bonchev–Trinajstić information content (AvgIpc) is 3.48. The summed E-state index contributed by atoms with van der Waals surface area (Å²) in [5.41, 5.74) is 2.38. The van der Waals surface area contributed by atoms with E-state index in [0.29, 0.717) is 22.0 Å². The molecule has 0 saturated carbocycles. The number of rotatable bonds is 3. The van der Waals surface area contributed by atoms with Crippen LogP contribution in [0.3, 0.4) is 0 Å². The fraction of sp³-hybridized carbons (Fsp3) is 0.208. The van der Waals surface area contributed by atoms with Crippen molar-refractivity contribution >= 4 is 45.9 Å². The number of hydrogen-bond donors (Lipinski definition) is 1. The van der Waals surface area contributed by atoms with Crippen LogP contribution in [0.4, 0.5) is 0 Å². The maximum Gasteiger partial charge on any atom is 0.343 e. The molecule has 5 rings (SSSR count). The highest BCUT2D eigenvalue weighted by molar-refractivity contribution is 8.26. The predicted octanol–water partition coefficient (Wildman–Crippen LogP) is 3.89. The second kappa shape index (κ2) is 8.67. The summed E-state index contributed by atoms with van der Waals surface area (Å²) in [5.74, 6) is -0.512. The van der Waals surface area contributed by atoms with E-state index < -0.39 is 11.9 Å². The largest absolute Gasteiger partial charge is 0.423 e. The van der Waals surface area contributed by atoms with Gasteiger partial charge in [-0.05, 0) is 67.4 Å². The van der Waals surface area contributed by atoms with Crippen molar-refractivity contribution in [1.82, 2.24) is 9.91 Å². The Bertz CT molecular complexity index is 1230. The molecule has 2 aromatic rings. The first-order valence-electron chi connectivity index (χ1n) is 10.6. The number of carbonyl (C=O) groups excluding carboxylic acids is 2. The molecule has 1 N–H and O–H groups in total. The number of aryl methyl sites for hydroxylation is 1. The molecule has 1 amide bonds. The molecule has 2 aromatic carbocycles. The summed E-state index contributed by atoms with van der Waals surface area (Å²) in [5, 5.41) is 15.6. The lowest BCUT2D eigenvalue weighted by atomic mass is 10.1. The van der Waals surface area contributed by atoms with Crippen LogP contribution in [0.15, 0.2) is 64.2 Å². The van der Waals surface area contributed by atoms with E-state index in [9.17, 15) is 9.59 Å². The molecule has 0 bridgehead atoms. The zero-order valence-corrected chi connectivity index (χ0v) is 18.8. The fourth-order valence-electron chi connectivity index (χ4n) is 3.67. The first-order chi connectivity index (χ1) is 16.0. The molecule has 1 saturated heterocycles. The van der Waals surface area contributed by atoms with Crippen molar-refractivity contribution < 1.29 is 14.3 Å². The number of nitrogens with zero attached hydrogens (tertiary/aromatic N) is 4. The average molecular weight is 460 g/mol. The molecule has 0 spiro atoms. The van der Waals surface area contributed by atoms with Crippen molar-refractivity contribution in [3.63, 3.8) is 0 Å². The first kappa shape index (κ1) is 21.1. The SMILES string of the molecule is Cc1ccc(C(=O)Oc2ccc(/C=C3/C(=N)N4N=C(N5CCCC5)SC4=NC3=O)cc2)cc1. The molecule has 33 heavy (non-hydrogen) atoms. The summed E-state index contributed by atoms with van der Waals surface area (Å²) in [7, 11) is 0. The van der Waals surface area contributed by atoms with Gasteiger partial charge in [0.05, 0.1) is 11.1 Å². The van der Waals surface area contributed by atoms with Crippen molar-refractivity contribution in [3.05, 3.63) is 70.8 Å². The summed E-state index contributed by atoms with van der Waals surface area (Å²) >= 11 is 1.33. The molecule has 0 radical (unpaired) electrons. The van der Waals surface area contributed by atoms with Gasteiger partial charge in [-0.25, -0.2) is 4.79 Å². The molecule has 0 aliphatic carbocycles. The molecule has 8 nitrogen and oxygen atoms in total. The normalized spacial score (nSPS) is 19.0. The molecule has 0 unspecified atom stereocenters. The standard InChI is InChI=1S/C24H21N5O3S/c1-15-4-8-17(9-5-15)22(31)32-18-10-6-16(7-11-18)14-19-20(25)29-23(26-21(19)30)33-24(27-29)28-12-2-3-13-28/h4-11,14,25H,2-3,12-13H2,1H3/b19-14-,25-20?. The van der Waals surface area contributed by atoms with E-state index in [1.165, 1.54) is 16.8 Å². The van der Waals surface area contributed by atoms with Crippen LogP contribution in [0.2, 0.25) is 0 Å². The number of likely N-dealkylation sites (tertiary alicyclic amines) is 1. The number of thioether (sulfide) groups is 1. The minimum Gasteiger partial charge on any atom is -0.423 e. The highest BCUT2D eigenvalue weighted by Gasteiger charge is 2.37. The smallest absolute Gasteiger partial charge is 0.343 e. The van der Waals surface area contributed by atoms with Crippen molar-refractivity contribution in [2.45, 2.75) is 19.8 Å². The number of hydrogen-bond acceptors (Lipinski definition) is 7. The van der Waals surface area contributed by atoms with Crippen molar-refractivity contribution in [2.75, 3.05) is 13.1 Å². The molecule has 3 aliphatic heterocycles. The summed E-state index contributed by atoms with van der Waals surface area (Å²) in [6.07, 6.45) is 3.83.